The van der Waals surface area contributed by atoms with Crippen molar-refractivity contribution in [2.45, 2.75) is 77.2 Å². The van der Waals surface area contributed by atoms with Gasteiger partial charge in [-0.25, -0.2) is 0 Å². The lowest BCUT2D eigenvalue weighted by Crippen LogP contribution is -2.05. The summed E-state index contributed by atoms with van der Waals surface area (Å²) in [6.45, 7) is 4.58. The highest BCUT2D eigenvalue weighted by atomic mass is 35.5. The number of unbranched alkanes of at least 4 members (excludes halogenated alkanes) is 6. The third-order valence-electron chi connectivity index (χ3n) is 3.88. The Bertz CT molecular complexity index is 569. The van der Waals surface area contributed by atoms with E-state index in [1.54, 1.807) is 16.4 Å². The number of hydrogen-bond donors (Lipinski definition) is 0. The number of aromatic nitrogens is 2. The van der Waals surface area contributed by atoms with E-state index in [0.717, 1.165) is 36.5 Å². The molecule has 0 bridgehead atoms. The Labute approximate surface area is 179 Å². The highest BCUT2D eigenvalue weighted by Gasteiger charge is 2.27. The van der Waals surface area contributed by atoms with Crippen molar-refractivity contribution in [3.05, 3.63) is 5.02 Å². The molecule has 9 heteroatoms. The largest absolute Gasteiger partial charge is 0.402 e. The van der Waals surface area contributed by atoms with Crippen LogP contribution in [0.5, 0.6) is 5.88 Å². The monoisotopic (exact) mass is 456 g/mol. The average molecular weight is 457 g/mol. The number of halogens is 1. The Morgan fingerprint density at radius 2 is 1.56 bits per heavy atom. The van der Waals surface area contributed by atoms with Crippen molar-refractivity contribution >= 4 is 41.9 Å². The van der Waals surface area contributed by atoms with Gasteiger partial charge in [-0.2, -0.15) is 0 Å². The van der Waals surface area contributed by atoms with Crippen molar-refractivity contribution < 1.29 is 13.6 Å². The second-order valence-electron chi connectivity index (χ2n) is 6.31. The number of thioether (sulfide) groups is 1. The van der Waals surface area contributed by atoms with Gasteiger partial charge in [0.1, 0.15) is 10.0 Å². The van der Waals surface area contributed by atoms with Gasteiger partial charge in [0.05, 0.1) is 13.2 Å². The molecule has 0 unspecified atom stereocenters. The summed E-state index contributed by atoms with van der Waals surface area (Å²) in [7, 11) is 1.84. The summed E-state index contributed by atoms with van der Waals surface area (Å²) in [4.78, 5) is 0. The molecule has 0 spiro atoms. The second-order valence-corrected chi connectivity index (χ2v) is 10.9. The van der Waals surface area contributed by atoms with Crippen molar-refractivity contribution in [2.75, 3.05) is 19.0 Å². The molecule has 1 aromatic rings. The zero-order chi connectivity index (χ0) is 20.1. The Balaban J connectivity index is 2.74. The first-order valence-electron chi connectivity index (χ1n) is 9.91. The van der Waals surface area contributed by atoms with E-state index < -0.39 is 6.72 Å². The van der Waals surface area contributed by atoms with Gasteiger partial charge in [0.2, 0.25) is 0 Å². The van der Waals surface area contributed by atoms with Crippen molar-refractivity contribution in [1.29, 1.82) is 0 Å². The van der Waals surface area contributed by atoms with Crippen LogP contribution in [-0.2, 0) is 27.9 Å². The Morgan fingerprint density at radius 1 is 1.00 bits per heavy atom. The summed E-state index contributed by atoms with van der Waals surface area (Å²) >= 11 is 13.7. The van der Waals surface area contributed by atoms with E-state index >= 15 is 0 Å². The number of hydrogen-bond acceptors (Lipinski definition) is 6. The molecule has 0 aliphatic heterocycles. The molecular formula is C18H34ClN2O3PS2. The summed E-state index contributed by atoms with van der Waals surface area (Å²) in [6.07, 6.45) is 8.86. The standard InChI is InChI=1S/C18H34ClN2O3PS2/c1-5-8-10-12-14-22-25(26,23-15-13-11-9-6-2)24-17-16(19)18(27-7-3)21(4)20-17/h5-15H2,1-4H3. The van der Waals surface area contributed by atoms with E-state index in [0.29, 0.717) is 24.1 Å². The lowest BCUT2D eigenvalue weighted by molar-refractivity contribution is 0.194. The van der Waals surface area contributed by atoms with Crippen LogP contribution in [0.15, 0.2) is 5.03 Å². The van der Waals surface area contributed by atoms with Crippen LogP contribution in [0, 0.1) is 0 Å². The van der Waals surface area contributed by atoms with Gasteiger partial charge >= 0.3 is 6.72 Å². The lowest BCUT2D eigenvalue weighted by Gasteiger charge is -2.21. The van der Waals surface area contributed by atoms with Crippen LogP contribution >= 0.6 is 30.1 Å². The molecule has 0 radical (unpaired) electrons. The summed E-state index contributed by atoms with van der Waals surface area (Å²) < 4.78 is 19.5. The summed E-state index contributed by atoms with van der Waals surface area (Å²) in [6, 6.07) is 0. The number of nitrogens with zero attached hydrogens (tertiary/aromatic N) is 2. The maximum Gasteiger partial charge on any atom is 0.381 e. The molecule has 0 aromatic carbocycles. The molecule has 27 heavy (non-hydrogen) atoms. The molecule has 1 heterocycles. The molecule has 1 aromatic heterocycles. The lowest BCUT2D eigenvalue weighted by atomic mass is 10.2. The van der Waals surface area contributed by atoms with Crippen molar-refractivity contribution in [2.24, 2.45) is 7.05 Å². The van der Waals surface area contributed by atoms with Crippen LogP contribution < -0.4 is 4.52 Å². The highest BCUT2D eigenvalue weighted by molar-refractivity contribution is 8.07. The van der Waals surface area contributed by atoms with Gasteiger partial charge in [0.15, 0.2) is 0 Å². The van der Waals surface area contributed by atoms with Gasteiger partial charge in [-0.3, -0.25) is 13.7 Å². The Hall–Kier alpha value is 0.220. The van der Waals surface area contributed by atoms with Crippen molar-refractivity contribution in [1.82, 2.24) is 9.78 Å². The van der Waals surface area contributed by atoms with Crippen LogP contribution in [0.3, 0.4) is 0 Å². The molecule has 0 atom stereocenters. The quantitative estimate of drug-likeness (QED) is 0.152. The average Bonchev–Trinajstić information content (AvgIpc) is 2.89. The summed E-state index contributed by atoms with van der Waals surface area (Å²) in [5.74, 6) is 1.20. The smallest absolute Gasteiger partial charge is 0.381 e. The van der Waals surface area contributed by atoms with E-state index in [9.17, 15) is 0 Å². The maximum absolute atomic E-state index is 6.45. The fourth-order valence-corrected chi connectivity index (χ4v) is 5.43. The van der Waals surface area contributed by atoms with Gasteiger partial charge in [0.25, 0.3) is 5.88 Å². The summed E-state index contributed by atoms with van der Waals surface area (Å²) in [5, 5.41) is 5.71. The molecule has 0 saturated carbocycles. The predicted molar refractivity (Wildman–Crippen MR) is 120 cm³/mol. The molecule has 0 aliphatic carbocycles. The zero-order valence-corrected chi connectivity index (χ0v) is 20.3. The first kappa shape index (κ1) is 25.3. The molecule has 5 nitrogen and oxygen atoms in total. The first-order chi connectivity index (χ1) is 13.0. The second kappa shape index (κ2) is 14.2. The maximum atomic E-state index is 6.45. The van der Waals surface area contributed by atoms with Crippen LogP contribution in [0.4, 0.5) is 0 Å². The van der Waals surface area contributed by atoms with E-state index in [2.05, 4.69) is 25.9 Å². The predicted octanol–water partition coefficient (Wildman–Crippen LogP) is 6.98. The van der Waals surface area contributed by atoms with E-state index in [1.165, 1.54) is 25.7 Å². The minimum Gasteiger partial charge on any atom is -0.402 e. The Morgan fingerprint density at radius 3 is 2.04 bits per heavy atom. The van der Waals surface area contributed by atoms with Crippen LogP contribution in [0.25, 0.3) is 0 Å². The minimum absolute atomic E-state index is 0.306. The third kappa shape index (κ3) is 9.51. The Kier molecular flexibility index (Phi) is 13.3. The molecule has 0 amide bonds. The fraction of sp³-hybridized carbons (Fsp3) is 0.833. The zero-order valence-electron chi connectivity index (χ0n) is 17.0. The van der Waals surface area contributed by atoms with E-state index in [-0.39, 0.29) is 0 Å². The summed E-state index contributed by atoms with van der Waals surface area (Å²) in [5.41, 5.74) is 0. The van der Waals surface area contributed by atoms with Gasteiger partial charge < -0.3 is 4.52 Å². The van der Waals surface area contributed by atoms with Crippen LogP contribution in [0.2, 0.25) is 5.02 Å². The van der Waals surface area contributed by atoms with Gasteiger partial charge in [-0.1, -0.05) is 70.9 Å². The first-order valence-corrected chi connectivity index (χ1v) is 13.8. The van der Waals surface area contributed by atoms with E-state index in [4.69, 9.17) is 37.0 Å². The number of aryl methyl sites for hydroxylation is 1. The van der Waals surface area contributed by atoms with Gasteiger partial charge in [-0.15, -0.1) is 16.9 Å². The SMILES string of the molecule is CCCCCCOP(=S)(OCCCCCC)Oc1nn(C)c(SCC)c1Cl. The number of rotatable bonds is 16. The molecule has 0 aliphatic rings. The van der Waals surface area contributed by atoms with E-state index in [1.807, 2.05) is 7.05 Å². The normalized spacial score (nSPS) is 11.9. The highest BCUT2D eigenvalue weighted by Crippen LogP contribution is 2.52. The third-order valence-corrected chi connectivity index (χ3v) is 7.62. The molecule has 0 fully saturated rings. The molecule has 0 saturated heterocycles. The van der Waals surface area contributed by atoms with Gasteiger partial charge in [-0.05, 0) is 18.6 Å². The molecular weight excluding hydrogens is 423 g/mol. The van der Waals surface area contributed by atoms with Crippen LogP contribution in [-0.4, -0.2) is 28.7 Å². The topological polar surface area (TPSA) is 45.5 Å². The van der Waals surface area contributed by atoms with Gasteiger partial charge in [0, 0.05) is 18.9 Å². The minimum atomic E-state index is -2.93. The van der Waals surface area contributed by atoms with Crippen molar-refractivity contribution in [3.63, 3.8) is 0 Å². The fourth-order valence-electron chi connectivity index (χ4n) is 2.42. The molecule has 158 valence electrons. The molecule has 0 N–H and O–H groups in total. The van der Waals surface area contributed by atoms with Crippen molar-refractivity contribution in [3.8, 4) is 5.88 Å². The van der Waals surface area contributed by atoms with Crippen LogP contribution in [0.1, 0.15) is 72.1 Å². The molecule has 1 rings (SSSR count).